The molecule has 2 rings (SSSR count). The molecule has 0 saturated carbocycles. The van der Waals surface area contributed by atoms with Gasteiger partial charge < -0.3 is 25.0 Å². The normalized spacial score (nSPS) is 22.8. The number of nitrogens with zero attached hydrogens (tertiary/aromatic N) is 3. The van der Waals surface area contributed by atoms with E-state index >= 15 is 0 Å². The van der Waals surface area contributed by atoms with Crippen molar-refractivity contribution < 1.29 is 14.3 Å². The fourth-order valence-electron chi connectivity index (χ4n) is 2.84. The van der Waals surface area contributed by atoms with Crippen LogP contribution in [0.3, 0.4) is 0 Å². The number of morpholine rings is 1. The summed E-state index contributed by atoms with van der Waals surface area (Å²) in [6.45, 7) is 9.84. The van der Waals surface area contributed by atoms with Gasteiger partial charge in [0.15, 0.2) is 5.96 Å². The Balaban J connectivity index is 0.00000288. The van der Waals surface area contributed by atoms with Crippen LogP contribution >= 0.6 is 24.0 Å². The summed E-state index contributed by atoms with van der Waals surface area (Å²) in [6, 6.07) is 0.0678. The van der Waals surface area contributed by atoms with Crippen LogP contribution < -0.4 is 5.73 Å². The molecule has 0 bridgehead atoms. The number of aliphatic imine (C=N–C) groups is 1. The molecule has 0 radical (unpaired) electrons. The van der Waals surface area contributed by atoms with Gasteiger partial charge in [0.05, 0.1) is 25.8 Å². The molecule has 0 aromatic carbocycles. The number of likely N-dealkylation sites (tertiary alicyclic amines) is 1. The molecule has 1 atom stereocenters. The second-order valence-corrected chi connectivity index (χ2v) is 7.12. The van der Waals surface area contributed by atoms with Gasteiger partial charge in [0.1, 0.15) is 5.60 Å². The van der Waals surface area contributed by atoms with Gasteiger partial charge >= 0.3 is 6.09 Å². The molecule has 8 heteroatoms. The molecule has 2 heterocycles. The Bertz CT molecular complexity index is 434. The van der Waals surface area contributed by atoms with Crippen molar-refractivity contribution in [3.8, 4) is 0 Å². The summed E-state index contributed by atoms with van der Waals surface area (Å²) in [5.74, 6) is 0.544. The van der Waals surface area contributed by atoms with Crippen LogP contribution in [-0.4, -0.2) is 72.9 Å². The van der Waals surface area contributed by atoms with Crippen LogP contribution in [0.25, 0.3) is 0 Å². The predicted molar refractivity (Wildman–Crippen MR) is 105 cm³/mol. The molecule has 2 aliphatic heterocycles. The summed E-state index contributed by atoms with van der Waals surface area (Å²) in [5, 5.41) is 0. The first-order valence-electron chi connectivity index (χ1n) is 8.49. The number of carbonyl (C=O) groups is 1. The number of hydrogen-bond donors (Lipinski definition) is 1. The minimum atomic E-state index is -0.477. The summed E-state index contributed by atoms with van der Waals surface area (Å²) >= 11 is 0. The Hall–Kier alpha value is -0.770. The van der Waals surface area contributed by atoms with E-state index in [1.807, 2.05) is 30.6 Å². The Morgan fingerprint density at radius 3 is 2.54 bits per heavy atom. The smallest absolute Gasteiger partial charge is 0.410 e. The molecule has 0 spiro atoms. The maximum atomic E-state index is 12.4. The van der Waals surface area contributed by atoms with Crippen LogP contribution in [0.2, 0.25) is 0 Å². The summed E-state index contributed by atoms with van der Waals surface area (Å²) in [4.78, 5) is 20.7. The highest BCUT2D eigenvalue weighted by Gasteiger charge is 2.30. The monoisotopic (exact) mass is 454 g/mol. The van der Waals surface area contributed by atoms with E-state index in [0.29, 0.717) is 25.7 Å². The largest absolute Gasteiger partial charge is 0.444 e. The number of guanidine groups is 1. The van der Waals surface area contributed by atoms with Crippen molar-refractivity contribution in [3.63, 3.8) is 0 Å². The maximum absolute atomic E-state index is 12.4. The lowest BCUT2D eigenvalue weighted by molar-refractivity contribution is 0.0109. The fourth-order valence-corrected chi connectivity index (χ4v) is 2.84. The molecular weight excluding hydrogens is 423 g/mol. The van der Waals surface area contributed by atoms with Crippen molar-refractivity contribution in [1.29, 1.82) is 0 Å². The number of carbonyl (C=O) groups excluding carboxylic acids is 1. The highest BCUT2D eigenvalue weighted by molar-refractivity contribution is 14.0. The molecule has 7 nitrogen and oxygen atoms in total. The third-order valence-corrected chi connectivity index (χ3v) is 4.05. The SMILES string of the molecule is CC(C)(C)OC(=O)N1CCCCC1CN=C(N)N1CCOCC1.I. The van der Waals surface area contributed by atoms with E-state index in [0.717, 1.165) is 38.9 Å². The number of piperidine rings is 1. The lowest BCUT2D eigenvalue weighted by Crippen LogP contribution is -2.49. The third-order valence-electron chi connectivity index (χ3n) is 4.05. The maximum Gasteiger partial charge on any atom is 0.410 e. The highest BCUT2D eigenvalue weighted by atomic mass is 127. The second-order valence-electron chi connectivity index (χ2n) is 7.12. The van der Waals surface area contributed by atoms with E-state index in [4.69, 9.17) is 15.2 Å². The second kappa shape index (κ2) is 9.65. The molecule has 1 amide bonds. The number of hydrogen-bond acceptors (Lipinski definition) is 4. The first kappa shape index (κ1) is 21.3. The van der Waals surface area contributed by atoms with E-state index in [9.17, 15) is 4.79 Å². The first-order chi connectivity index (χ1) is 10.9. The predicted octanol–water partition coefficient (Wildman–Crippen LogP) is 2.04. The molecule has 0 aliphatic carbocycles. The summed E-state index contributed by atoms with van der Waals surface area (Å²) in [6.07, 6.45) is 2.82. The summed E-state index contributed by atoms with van der Waals surface area (Å²) in [5.41, 5.74) is 5.60. The minimum absolute atomic E-state index is 0. The van der Waals surface area contributed by atoms with Crippen molar-refractivity contribution in [2.24, 2.45) is 10.7 Å². The van der Waals surface area contributed by atoms with Crippen molar-refractivity contribution in [1.82, 2.24) is 9.80 Å². The van der Waals surface area contributed by atoms with Gasteiger partial charge in [-0.25, -0.2) is 4.79 Å². The van der Waals surface area contributed by atoms with Crippen LogP contribution in [0.4, 0.5) is 4.79 Å². The standard InChI is InChI=1S/C16H30N4O3.HI/c1-16(2,3)23-15(21)20-7-5-4-6-13(20)12-18-14(17)19-8-10-22-11-9-19;/h13H,4-12H2,1-3H3,(H2,17,18);1H. The number of rotatable bonds is 2. The Morgan fingerprint density at radius 2 is 1.92 bits per heavy atom. The molecule has 0 aromatic heterocycles. The van der Waals surface area contributed by atoms with Gasteiger partial charge in [0.25, 0.3) is 0 Å². The van der Waals surface area contributed by atoms with Crippen LogP contribution in [-0.2, 0) is 9.47 Å². The van der Waals surface area contributed by atoms with Gasteiger partial charge in [0.2, 0.25) is 0 Å². The molecule has 1 unspecified atom stereocenters. The van der Waals surface area contributed by atoms with Crippen LogP contribution in [0, 0.1) is 0 Å². The van der Waals surface area contributed by atoms with Crippen molar-refractivity contribution in [2.75, 3.05) is 39.4 Å². The van der Waals surface area contributed by atoms with E-state index in [1.165, 1.54) is 0 Å². The zero-order chi connectivity index (χ0) is 16.9. The zero-order valence-corrected chi connectivity index (χ0v) is 17.3. The number of halogens is 1. The lowest BCUT2D eigenvalue weighted by atomic mass is 10.0. The Kier molecular flexibility index (Phi) is 8.55. The number of amides is 1. The quantitative estimate of drug-likeness (QED) is 0.393. The molecule has 2 fully saturated rings. The highest BCUT2D eigenvalue weighted by Crippen LogP contribution is 2.20. The Labute approximate surface area is 161 Å². The average molecular weight is 454 g/mol. The van der Waals surface area contributed by atoms with Crippen molar-refractivity contribution >= 4 is 36.0 Å². The van der Waals surface area contributed by atoms with E-state index < -0.39 is 5.60 Å². The van der Waals surface area contributed by atoms with Crippen molar-refractivity contribution in [3.05, 3.63) is 0 Å². The minimum Gasteiger partial charge on any atom is -0.444 e. The summed E-state index contributed by atoms with van der Waals surface area (Å²) in [7, 11) is 0. The first-order valence-corrected chi connectivity index (χ1v) is 8.49. The van der Waals surface area contributed by atoms with E-state index in [1.54, 1.807) is 0 Å². The van der Waals surface area contributed by atoms with Crippen LogP contribution in [0.1, 0.15) is 40.0 Å². The Morgan fingerprint density at radius 1 is 1.25 bits per heavy atom. The average Bonchev–Trinajstić information content (AvgIpc) is 2.52. The molecule has 2 aliphatic rings. The van der Waals surface area contributed by atoms with Crippen LogP contribution in [0.5, 0.6) is 0 Å². The van der Waals surface area contributed by atoms with E-state index in [2.05, 4.69) is 4.99 Å². The van der Waals surface area contributed by atoms with E-state index in [-0.39, 0.29) is 36.1 Å². The molecule has 24 heavy (non-hydrogen) atoms. The summed E-state index contributed by atoms with van der Waals surface area (Å²) < 4.78 is 10.8. The van der Waals surface area contributed by atoms with Gasteiger partial charge in [-0.05, 0) is 40.0 Å². The fraction of sp³-hybridized carbons (Fsp3) is 0.875. The molecular formula is C16H31IN4O3. The van der Waals surface area contributed by atoms with Crippen molar-refractivity contribution in [2.45, 2.75) is 51.7 Å². The van der Waals surface area contributed by atoms with Crippen LogP contribution in [0.15, 0.2) is 4.99 Å². The number of ether oxygens (including phenoxy) is 2. The van der Waals surface area contributed by atoms with Gasteiger partial charge in [-0.1, -0.05) is 0 Å². The topological polar surface area (TPSA) is 80.4 Å². The lowest BCUT2D eigenvalue weighted by Gasteiger charge is -2.36. The molecule has 2 saturated heterocycles. The van der Waals surface area contributed by atoms with Gasteiger partial charge in [-0.15, -0.1) is 24.0 Å². The zero-order valence-electron chi connectivity index (χ0n) is 15.0. The number of nitrogens with two attached hydrogens (primary N) is 1. The molecule has 140 valence electrons. The van der Waals surface area contributed by atoms with Gasteiger partial charge in [-0.2, -0.15) is 0 Å². The van der Waals surface area contributed by atoms with Gasteiger partial charge in [-0.3, -0.25) is 4.99 Å². The molecule has 2 N–H and O–H groups in total. The third kappa shape index (κ3) is 6.62. The van der Waals surface area contributed by atoms with Gasteiger partial charge in [0, 0.05) is 19.6 Å². The molecule has 0 aromatic rings.